The highest BCUT2D eigenvalue weighted by Crippen LogP contribution is 2.30. The Morgan fingerprint density at radius 3 is 2.69 bits per heavy atom. The van der Waals surface area contributed by atoms with Gasteiger partial charge in [0.15, 0.2) is 0 Å². The molecule has 0 aliphatic carbocycles. The molecular weight excluding hydrogens is 231 g/mol. The van der Waals surface area contributed by atoms with Crippen LogP contribution in [0.5, 0.6) is 0 Å². The van der Waals surface area contributed by atoms with Gasteiger partial charge in [0.05, 0.1) is 17.7 Å². The highest BCUT2D eigenvalue weighted by atomic mass is 35.7. The van der Waals surface area contributed by atoms with Crippen molar-refractivity contribution in [2.75, 3.05) is 7.11 Å². The average molecular weight is 237 g/mol. The minimum absolute atomic E-state index is 0.409. The first-order valence-electron chi connectivity index (χ1n) is 3.35. The van der Waals surface area contributed by atoms with Crippen LogP contribution < -0.4 is 0 Å². The summed E-state index contributed by atoms with van der Waals surface area (Å²) in [4.78, 5) is 11.8. The fourth-order valence-electron chi connectivity index (χ4n) is 0.808. The summed E-state index contributed by atoms with van der Waals surface area (Å²) >= 11 is 5.82. The van der Waals surface area contributed by atoms with E-state index < -0.39 is 5.97 Å². The first-order valence-corrected chi connectivity index (χ1v) is 5.37. The van der Waals surface area contributed by atoms with Crippen LogP contribution in [0.15, 0.2) is 23.1 Å². The summed E-state index contributed by atoms with van der Waals surface area (Å²) < 4.78 is 4.53. The van der Waals surface area contributed by atoms with Crippen LogP contribution in [0.4, 0.5) is 0 Å². The van der Waals surface area contributed by atoms with Gasteiger partial charge in [-0.1, -0.05) is 11.6 Å². The molecule has 0 N–H and O–H groups in total. The molecule has 13 heavy (non-hydrogen) atoms. The van der Waals surface area contributed by atoms with Crippen molar-refractivity contribution in [1.29, 1.82) is 0 Å². The molecule has 0 aliphatic rings. The van der Waals surface area contributed by atoms with Gasteiger partial charge in [-0.05, 0) is 39.9 Å². The van der Waals surface area contributed by atoms with Crippen LogP contribution in [0.1, 0.15) is 10.4 Å². The molecule has 0 aromatic heterocycles. The quantitative estimate of drug-likeness (QED) is 0.737. The van der Waals surface area contributed by atoms with Crippen molar-refractivity contribution in [2.24, 2.45) is 0 Å². The lowest BCUT2D eigenvalue weighted by Gasteiger charge is -2.01. The molecule has 0 aliphatic heterocycles. The van der Waals surface area contributed by atoms with Crippen LogP contribution in [0.3, 0.4) is 0 Å². The molecule has 1 aromatic rings. The van der Waals surface area contributed by atoms with Gasteiger partial charge in [-0.3, -0.25) is 0 Å². The maximum absolute atomic E-state index is 11.0. The van der Waals surface area contributed by atoms with E-state index in [-0.39, 0.29) is 0 Å². The molecule has 5 heteroatoms. The van der Waals surface area contributed by atoms with Crippen molar-refractivity contribution in [1.82, 2.24) is 0 Å². The van der Waals surface area contributed by atoms with E-state index in [0.29, 0.717) is 10.6 Å². The van der Waals surface area contributed by atoms with E-state index in [1.54, 1.807) is 12.1 Å². The lowest BCUT2D eigenvalue weighted by Crippen LogP contribution is -2.00. The maximum Gasteiger partial charge on any atom is 0.337 e. The van der Waals surface area contributed by atoms with Gasteiger partial charge in [-0.25, -0.2) is 4.79 Å². The molecule has 1 rings (SSSR count). The predicted molar refractivity (Wildman–Crippen MR) is 54.5 cm³/mol. The van der Waals surface area contributed by atoms with E-state index in [2.05, 4.69) is 4.74 Å². The van der Waals surface area contributed by atoms with Crippen LogP contribution in [0, 0.1) is 0 Å². The second-order valence-electron chi connectivity index (χ2n) is 2.21. The Morgan fingerprint density at radius 1 is 1.54 bits per heavy atom. The van der Waals surface area contributed by atoms with Crippen molar-refractivity contribution in [3.8, 4) is 0 Å². The first kappa shape index (κ1) is 10.7. The van der Waals surface area contributed by atoms with Crippen molar-refractivity contribution in [3.05, 3.63) is 28.8 Å². The molecule has 70 valence electrons. The molecule has 1 aromatic carbocycles. The normalized spacial score (nSPS) is 9.77. The van der Waals surface area contributed by atoms with Crippen LogP contribution in [0.2, 0.25) is 5.02 Å². The zero-order valence-electron chi connectivity index (χ0n) is 6.71. The van der Waals surface area contributed by atoms with E-state index in [1.807, 2.05) is 0 Å². The zero-order chi connectivity index (χ0) is 9.84. The summed E-state index contributed by atoms with van der Waals surface area (Å²) in [6.45, 7) is 0. The fraction of sp³-hybridized carbons (Fsp3) is 0.125. The van der Waals surface area contributed by atoms with Gasteiger partial charge in [-0.2, -0.15) is 0 Å². The lowest BCUT2D eigenvalue weighted by molar-refractivity contribution is 0.0600. The van der Waals surface area contributed by atoms with E-state index >= 15 is 0 Å². The summed E-state index contributed by atoms with van der Waals surface area (Å²) in [5.74, 6) is -0.409. The Morgan fingerprint density at radius 2 is 2.23 bits per heavy atom. The third-order valence-corrected chi connectivity index (χ3v) is 2.88. The fourth-order valence-corrected chi connectivity index (χ4v) is 1.88. The number of methoxy groups -OCH3 is 1. The molecule has 0 heterocycles. The number of halogens is 2. The molecule has 0 radical (unpaired) electrons. The first-order chi connectivity index (χ1) is 6.19. The van der Waals surface area contributed by atoms with Gasteiger partial charge in [-0.15, -0.1) is 0 Å². The summed E-state index contributed by atoms with van der Waals surface area (Å²) in [5, 5.41) is 0.447. The van der Waals surface area contributed by atoms with E-state index in [0.717, 1.165) is 15.9 Å². The van der Waals surface area contributed by atoms with E-state index in [1.165, 1.54) is 13.2 Å². The van der Waals surface area contributed by atoms with Crippen LogP contribution in [-0.2, 0) is 4.74 Å². The van der Waals surface area contributed by atoms with Crippen molar-refractivity contribution < 1.29 is 9.53 Å². The molecule has 0 spiro atoms. The number of benzene rings is 1. The van der Waals surface area contributed by atoms with Gasteiger partial charge in [0.25, 0.3) is 0 Å². The Hall–Kier alpha value is -0.380. The monoisotopic (exact) mass is 236 g/mol. The molecule has 0 atom stereocenters. The van der Waals surface area contributed by atoms with Gasteiger partial charge >= 0.3 is 5.97 Å². The summed E-state index contributed by atoms with van der Waals surface area (Å²) in [7, 11) is 7.85. The largest absolute Gasteiger partial charge is 0.465 e. The van der Waals surface area contributed by atoms with Crippen molar-refractivity contribution >= 4 is 39.2 Å². The summed E-state index contributed by atoms with van der Waals surface area (Å²) in [6, 6.07) is 4.81. The Labute approximate surface area is 89.7 Å². The maximum atomic E-state index is 11.0. The number of carbonyl (C=O) groups is 1. The van der Waals surface area contributed by atoms with Gasteiger partial charge in [0.2, 0.25) is 0 Å². The van der Waals surface area contributed by atoms with Gasteiger partial charge in [0, 0.05) is 4.90 Å². The average Bonchev–Trinajstić information content (AvgIpc) is 2.16. The van der Waals surface area contributed by atoms with E-state index in [4.69, 9.17) is 22.3 Å². The van der Waals surface area contributed by atoms with Crippen molar-refractivity contribution in [3.63, 3.8) is 0 Å². The van der Waals surface area contributed by atoms with Crippen LogP contribution in [-0.4, -0.2) is 13.1 Å². The minimum atomic E-state index is -0.409. The zero-order valence-corrected chi connectivity index (χ0v) is 9.04. The molecule has 0 saturated carbocycles. The Bertz CT molecular complexity index is 328. The predicted octanol–water partition coefficient (Wildman–Crippen LogP) is 3.37. The topological polar surface area (TPSA) is 26.3 Å². The molecule has 0 bridgehead atoms. The number of carbonyl (C=O) groups excluding carboxylic acids is 1. The second kappa shape index (κ2) is 4.74. The summed E-state index contributed by atoms with van der Waals surface area (Å²) in [5.41, 5.74) is 0.418. The SMILES string of the molecule is COC(=O)c1ccc(SCl)c(Cl)c1. The number of hydrogen-bond acceptors (Lipinski definition) is 3. The van der Waals surface area contributed by atoms with Crippen LogP contribution >= 0.6 is 33.3 Å². The Balaban J connectivity index is 3.02. The van der Waals surface area contributed by atoms with Crippen molar-refractivity contribution in [2.45, 2.75) is 4.90 Å². The molecular formula is C8H6Cl2O2S. The van der Waals surface area contributed by atoms with E-state index in [9.17, 15) is 4.79 Å². The second-order valence-corrected chi connectivity index (χ2v) is 3.68. The number of esters is 1. The molecule has 0 fully saturated rings. The number of rotatable bonds is 2. The number of ether oxygens (including phenoxy) is 1. The molecule has 0 unspecified atom stereocenters. The van der Waals surface area contributed by atoms with Crippen LogP contribution in [0.25, 0.3) is 0 Å². The third-order valence-electron chi connectivity index (χ3n) is 1.44. The number of hydrogen-bond donors (Lipinski definition) is 0. The smallest absolute Gasteiger partial charge is 0.337 e. The minimum Gasteiger partial charge on any atom is -0.465 e. The van der Waals surface area contributed by atoms with Gasteiger partial charge < -0.3 is 4.74 Å². The highest BCUT2D eigenvalue weighted by molar-refractivity contribution is 8.21. The standard InChI is InChI=1S/C8H6Cl2O2S/c1-12-8(11)5-2-3-7(13-10)6(9)4-5/h2-4H,1H3. The third kappa shape index (κ3) is 2.53. The molecule has 0 amide bonds. The summed E-state index contributed by atoms with van der Waals surface area (Å²) in [6.07, 6.45) is 0. The molecule has 2 nitrogen and oxygen atoms in total. The molecule has 0 saturated heterocycles. The van der Waals surface area contributed by atoms with Gasteiger partial charge in [0.1, 0.15) is 0 Å². The lowest BCUT2D eigenvalue weighted by atomic mass is 10.2. The Kier molecular flexibility index (Phi) is 3.90. The highest BCUT2D eigenvalue weighted by Gasteiger charge is 2.08.